The van der Waals surface area contributed by atoms with Gasteiger partial charge in [0.2, 0.25) is 5.91 Å². The summed E-state index contributed by atoms with van der Waals surface area (Å²) in [4.78, 5) is 14.0. The van der Waals surface area contributed by atoms with Gasteiger partial charge in [-0.3, -0.25) is 4.79 Å². The van der Waals surface area contributed by atoms with Crippen LogP contribution in [0, 0.1) is 5.82 Å². The molecule has 1 aromatic rings. The summed E-state index contributed by atoms with van der Waals surface area (Å²) in [7, 11) is 0. The molecule has 1 amide bonds. The summed E-state index contributed by atoms with van der Waals surface area (Å²) in [6.45, 7) is 0.864. The van der Waals surface area contributed by atoms with Gasteiger partial charge in [-0.05, 0) is 41.3 Å². The van der Waals surface area contributed by atoms with E-state index in [9.17, 15) is 9.18 Å². The van der Waals surface area contributed by atoms with Gasteiger partial charge in [0.05, 0.1) is 15.8 Å². The number of fused-ring (bicyclic) bond motifs is 3. The first-order valence-electron chi connectivity index (χ1n) is 5.73. The summed E-state index contributed by atoms with van der Waals surface area (Å²) in [6, 6.07) is 3.04. The van der Waals surface area contributed by atoms with E-state index in [1.165, 1.54) is 6.07 Å². The Balaban J connectivity index is 2.10. The fourth-order valence-corrected chi connectivity index (χ4v) is 2.91. The Morgan fingerprint density at radius 3 is 3.06 bits per heavy atom. The van der Waals surface area contributed by atoms with E-state index < -0.39 is 0 Å². The minimum absolute atomic E-state index is 0.0149. The van der Waals surface area contributed by atoms with Crippen molar-refractivity contribution < 1.29 is 9.18 Å². The molecule has 0 bridgehead atoms. The second-order valence-electron chi connectivity index (χ2n) is 4.48. The Morgan fingerprint density at radius 2 is 2.24 bits per heavy atom. The van der Waals surface area contributed by atoms with Gasteiger partial charge in [0.1, 0.15) is 11.9 Å². The molecule has 5 heteroatoms. The summed E-state index contributed by atoms with van der Waals surface area (Å²) in [5, 5.41) is 2.79. The van der Waals surface area contributed by atoms with Crippen LogP contribution in [0.5, 0.6) is 0 Å². The third kappa shape index (κ3) is 1.73. The monoisotopic (exact) mass is 298 g/mol. The second kappa shape index (κ2) is 3.98. The van der Waals surface area contributed by atoms with Crippen LogP contribution in [-0.2, 0) is 4.79 Å². The summed E-state index contributed by atoms with van der Waals surface area (Å²) < 4.78 is 13.9. The molecule has 1 atom stereocenters. The molecule has 3 nitrogen and oxygen atoms in total. The maximum absolute atomic E-state index is 13.4. The minimum Gasteiger partial charge on any atom is -0.358 e. The number of hydrogen-bond acceptors (Lipinski definition) is 2. The van der Waals surface area contributed by atoms with Gasteiger partial charge >= 0.3 is 0 Å². The van der Waals surface area contributed by atoms with Crippen molar-refractivity contribution in [2.45, 2.75) is 25.3 Å². The highest BCUT2D eigenvalue weighted by molar-refractivity contribution is 9.10. The average Bonchev–Trinajstić information content (AvgIpc) is 2.32. The second-order valence-corrected chi connectivity index (χ2v) is 5.33. The van der Waals surface area contributed by atoms with E-state index in [-0.39, 0.29) is 17.8 Å². The fourth-order valence-electron chi connectivity index (χ4n) is 2.58. The fraction of sp³-hybridized carbons (Fsp3) is 0.417. The molecular weight excluding hydrogens is 287 g/mol. The van der Waals surface area contributed by atoms with Crippen LogP contribution in [0.25, 0.3) is 0 Å². The zero-order chi connectivity index (χ0) is 12.0. The summed E-state index contributed by atoms with van der Waals surface area (Å²) in [6.07, 6.45) is 3.03. The molecule has 1 N–H and O–H groups in total. The Bertz CT molecular complexity index is 492. The minimum atomic E-state index is -0.348. The van der Waals surface area contributed by atoms with Crippen molar-refractivity contribution >= 4 is 33.2 Å². The molecule has 2 heterocycles. The number of nitrogens with zero attached hydrogens (tertiary/aromatic N) is 1. The van der Waals surface area contributed by atoms with Crippen molar-refractivity contribution in [1.82, 2.24) is 0 Å². The molecule has 1 saturated heterocycles. The highest BCUT2D eigenvalue weighted by Crippen LogP contribution is 2.38. The SMILES string of the molecule is O=C1Nc2cc(F)c(Br)cc2N2CCCC[C@@H]12. The molecule has 0 aromatic heterocycles. The Kier molecular flexibility index (Phi) is 2.58. The van der Waals surface area contributed by atoms with Gasteiger partial charge in [-0.25, -0.2) is 4.39 Å². The number of carbonyl (C=O) groups is 1. The van der Waals surface area contributed by atoms with Crippen molar-refractivity contribution in [1.29, 1.82) is 0 Å². The van der Waals surface area contributed by atoms with E-state index in [0.29, 0.717) is 10.2 Å². The number of nitrogens with one attached hydrogen (secondary N) is 1. The number of piperidine rings is 1. The number of rotatable bonds is 0. The van der Waals surface area contributed by atoms with Crippen LogP contribution < -0.4 is 10.2 Å². The van der Waals surface area contributed by atoms with Crippen LogP contribution in [0.2, 0.25) is 0 Å². The van der Waals surface area contributed by atoms with Gasteiger partial charge in [0.15, 0.2) is 0 Å². The topological polar surface area (TPSA) is 32.3 Å². The maximum Gasteiger partial charge on any atom is 0.247 e. The largest absolute Gasteiger partial charge is 0.358 e. The number of benzene rings is 1. The smallest absolute Gasteiger partial charge is 0.247 e. The average molecular weight is 299 g/mol. The predicted molar refractivity (Wildman–Crippen MR) is 67.7 cm³/mol. The number of anilines is 2. The van der Waals surface area contributed by atoms with E-state index in [1.54, 1.807) is 6.07 Å². The normalized spacial score (nSPS) is 22.8. The lowest BCUT2D eigenvalue weighted by Gasteiger charge is -2.41. The van der Waals surface area contributed by atoms with Gasteiger partial charge < -0.3 is 10.2 Å². The van der Waals surface area contributed by atoms with E-state index in [0.717, 1.165) is 31.5 Å². The van der Waals surface area contributed by atoms with Crippen molar-refractivity contribution in [2.24, 2.45) is 0 Å². The molecule has 0 saturated carbocycles. The summed E-state index contributed by atoms with van der Waals surface area (Å²) in [5.74, 6) is -0.363. The van der Waals surface area contributed by atoms with Crippen molar-refractivity contribution in [3.8, 4) is 0 Å². The molecule has 0 spiro atoms. The van der Waals surface area contributed by atoms with Crippen LogP contribution in [-0.4, -0.2) is 18.5 Å². The molecule has 1 aromatic carbocycles. The van der Waals surface area contributed by atoms with Crippen molar-refractivity contribution in [3.63, 3.8) is 0 Å². The molecular formula is C12H12BrFN2O. The molecule has 1 fully saturated rings. The first-order chi connectivity index (χ1) is 8.16. The predicted octanol–water partition coefficient (Wildman–Crippen LogP) is 2.90. The van der Waals surface area contributed by atoms with Crippen molar-refractivity contribution in [3.05, 3.63) is 22.4 Å². The van der Waals surface area contributed by atoms with E-state index in [2.05, 4.69) is 26.1 Å². The standard InChI is InChI=1S/C12H12BrFN2O/c13-7-5-11-9(6-8(7)14)15-12(17)10-3-1-2-4-16(10)11/h5-6,10H,1-4H2,(H,15,17)/t10-/m0/s1. The lowest BCUT2D eigenvalue weighted by molar-refractivity contribution is -0.118. The maximum atomic E-state index is 13.4. The Morgan fingerprint density at radius 1 is 1.41 bits per heavy atom. The molecule has 0 aliphatic carbocycles. The molecule has 0 unspecified atom stereocenters. The zero-order valence-corrected chi connectivity index (χ0v) is 10.8. The first kappa shape index (κ1) is 11.0. The number of halogens is 2. The van der Waals surface area contributed by atoms with Gasteiger partial charge in [-0.1, -0.05) is 0 Å². The third-order valence-electron chi connectivity index (χ3n) is 3.41. The van der Waals surface area contributed by atoms with Gasteiger partial charge in [-0.2, -0.15) is 0 Å². The lowest BCUT2D eigenvalue weighted by Crippen LogP contribution is -2.50. The Labute approximate surface area is 107 Å². The van der Waals surface area contributed by atoms with Crippen molar-refractivity contribution in [2.75, 3.05) is 16.8 Å². The number of amides is 1. The third-order valence-corrected chi connectivity index (χ3v) is 4.02. The molecule has 90 valence electrons. The lowest BCUT2D eigenvalue weighted by atomic mass is 9.97. The highest BCUT2D eigenvalue weighted by Gasteiger charge is 2.34. The first-order valence-corrected chi connectivity index (χ1v) is 6.52. The van der Waals surface area contributed by atoms with Gasteiger partial charge in [0, 0.05) is 12.6 Å². The van der Waals surface area contributed by atoms with Gasteiger partial charge in [0.25, 0.3) is 0 Å². The van der Waals surface area contributed by atoms with Crippen LogP contribution in [0.3, 0.4) is 0 Å². The van der Waals surface area contributed by atoms with Crippen LogP contribution >= 0.6 is 15.9 Å². The molecule has 17 heavy (non-hydrogen) atoms. The van der Waals surface area contributed by atoms with Crippen LogP contribution in [0.15, 0.2) is 16.6 Å². The van der Waals surface area contributed by atoms with E-state index >= 15 is 0 Å². The molecule has 3 rings (SSSR count). The van der Waals surface area contributed by atoms with E-state index in [4.69, 9.17) is 0 Å². The number of hydrogen-bond donors (Lipinski definition) is 1. The summed E-state index contributed by atoms with van der Waals surface area (Å²) >= 11 is 3.19. The Hall–Kier alpha value is -1.10. The van der Waals surface area contributed by atoms with Crippen LogP contribution in [0.4, 0.5) is 15.8 Å². The molecule has 2 aliphatic heterocycles. The molecule has 0 radical (unpaired) electrons. The highest BCUT2D eigenvalue weighted by atomic mass is 79.9. The van der Waals surface area contributed by atoms with Crippen LogP contribution in [0.1, 0.15) is 19.3 Å². The quantitative estimate of drug-likeness (QED) is 0.799. The zero-order valence-electron chi connectivity index (χ0n) is 9.17. The van der Waals surface area contributed by atoms with E-state index in [1.807, 2.05) is 0 Å². The number of carbonyl (C=O) groups excluding carboxylic acids is 1. The molecule has 2 aliphatic rings. The summed E-state index contributed by atoms with van der Waals surface area (Å²) in [5.41, 5.74) is 1.50. The van der Waals surface area contributed by atoms with Gasteiger partial charge in [-0.15, -0.1) is 0 Å².